The van der Waals surface area contributed by atoms with Gasteiger partial charge in [0.05, 0.1) is 0 Å². The van der Waals surface area contributed by atoms with E-state index in [1.165, 1.54) is 12.8 Å². The summed E-state index contributed by atoms with van der Waals surface area (Å²) in [5.74, 6) is -0.377. The third-order valence-electron chi connectivity index (χ3n) is 4.98. The lowest BCUT2D eigenvalue weighted by molar-refractivity contribution is -0.147. The van der Waals surface area contributed by atoms with Crippen molar-refractivity contribution in [2.45, 2.75) is 76.9 Å². The number of carbonyl (C=O) groups is 1. The van der Waals surface area contributed by atoms with Crippen LogP contribution in [0, 0.1) is 5.92 Å². The molecule has 0 saturated heterocycles. The van der Waals surface area contributed by atoms with Crippen LogP contribution in [0.2, 0.25) is 0 Å². The highest BCUT2D eigenvalue weighted by Crippen LogP contribution is 2.39. The number of hydrogen-bond donors (Lipinski definition) is 2. The molecule has 2 N–H and O–H groups in total. The van der Waals surface area contributed by atoms with Gasteiger partial charge in [-0.05, 0) is 65.0 Å². The highest BCUT2D eigenvalue weighted by atomic mass is 16.4. The predicted molar refractivity (Wildman–Crippen MR) is 80.9 cm³/mol. The minimum absolute atomic E-state index is 0.220. The molecule has 0 aromatic rings. The highest BCUT2D eigenvalue weighted by molar-refractivity contribution is 5.79. The van der Waals surface area contributed by atoms with Gasteiger partial charge in [-0.3, -0.25) is 10.1 Å². The highest BCUT2D eigenvalue weighted by Gasteiger charge is 2.49. The predicted octanol–water partition coefficient (Wildman–Crippen LogP) is 2.48. The van der Waals surface area contributed by atoms with Crippen LogP contribution in [0.1, 0.15) is 59.3 Å². The van der Waals surface area contributed by atoms with Crippen molar-refractivity contribution in [1.82, 2.24) is 10.2 Å². The Bertz CT molecular complexity index is 341. The SMILES string of the molecule is CCN(CCC1CCCC1(NC(C)C)C(=O)O)C1CC1. The molecule has 0 aliphatic heterocycles. The number of aliphatic carboxylic acids is 1. The van der Waals surface area contributed by atoms with Crippen molar-refractivity contribution in [3.05, 3.63) is 0 Å². The van der Waals surface area contributed by atoms with E-state index in [1.54, 1.807) is 0 Å². The molecular formula is C16H30N2O2. The number of nitrogens with zero attached hydrogens (tertiary/aromatic N) is 1. The van der Waals surface area contributed by atoms with Gasteiger partial charge in [0, 0.05) is 12.1 Å². The van der Waals surface area contributed by atoms with Crippen molar-refractivity contribution in [2.75, 3.05) is 13.1 Å². The van der Waals surface area contributed by atoms with Crippen molar-refractivity contribution >= 4 is 5.97 Å². The quantitative estimate of drug-likeness (QED) is 0.718. The number of carboxylic acid groups (broad SMARTS) is 1. The minimum atomic E-state index is -0.683. The van der Waals surface area contributed by atoms with Crippen LogP contribution in [0.3, 0.4) is 0 Å². The topological polar surface area (TPSA) is 52.6 Å². The van der Waals surface area contributed by atoms with Gasteiger partial charge in [-0.1, -0.05) is 13.3 Å². The van der Waals surface area contributed by atoms with E-state index in [4.69, 9.17) is 0 Å². The summed E-state index contributed by atoms with van der Waals surface area (Å²) in [5, 5.41) is 13.1. The zero-order valence-electron chi connectivity index (χ0n) is 13.2. The maximum Gasteiger partial charge on any atom is 0.324 e. The Hall–Kier alpha value is -0.610. The molecule has 2 aliphatic rings. The van der Waals surface area contributed by atoms with Crippen LogP contribution in [0.15, 0.2) is 0 Å². The fourth-order valence-electron chi connectivity index (χ4n) is 3.88. The number of hydrogen-bond acceptors (Lipinski definition) is 3. The number of carboxylic acids is 1. The molecular weight excluding hydrogens is 252 g/mol. The zero-order valence-corrected chi connectivity index (χ0v) is 13.2. The van der Waals surface area contributed by atoms with Crippen LogP contribution in [0.25, 0.3) is 0 Å². The molecule has 2 fully saturated rings. The second kappa shape index (κ2) is 6.44. The molecule has 2 unspecified atom stereocenters. The van der Waals surface area contributed by atoms with E-state index in [-0.39, 0.29) is 12.0 Å². The lowest BCUT2D eigenvalue weighted by Gasteiger charge is -2.35. The summed E-state index contributed by atoms with van der Waals surface area (Å²) in [6.07, 6.45) is 6.53. The normalized spacial score (nSPS) is 30.4. The van der Waals surface area contributed by atoms with Gasteiger partial charge in [-0.25, -0.2) is 0 Å². The largest absolute Gasteiger partial charge is 0.480 e. The minimum Gasteiger partial charge on any atom is -0.480 e. The van der Waals surface area contributed by atoms with Gasteiger partial charge in [-0.15, -0.1) is 0 Å². The summed E-state index contributed by atoms with van der Waals surface area (Å²) in [6.45, 7) is 8.45. The number of nitrogens with one attached hydrogen (secondary N) is 1. The molecule has 0 heterocycles. The molecule has 0 aromatic carbocycles. The molecule has 20 heavy (non-hydrogen) atoms. The molecule has 0 bridgehead atoms. The molecule has 0 radical (unpaired) electrons. The summed E-state index contributed by atoms with van der Waals surface area (Å²) in [7, 11) is 0. The maximum atomic E-state index is 11.9. The van der Waals surface area contributed by atoms with Crippen LogP contribution >= 0.6 is 0 Å². The first-order valence-electron chi connectivity index (χ1n) is 8.24. The fraction of sp³-hybridized carbons (Fsp3) is 0.938. The first-order chi connectivity index (χ1) is 9.49. The van der Waals surface area contributed by atoms with E-state index in [1.807, 2.05) is 13.8 Å². The lowest BCUT2D eigenvalue weighted by atomic mass is 9.83. The Morgan fingerprint density at radius 2 is 2.10 bits per heavy atom. The van der Waals surface area contributed by atoms with Crippen molar-refractivity contribution in [3.63, 3.8) is 0 Å². The maximum absolute atomic E-state index is 11.9. The first kappa shape index (κ1) is 15.8. The average molecular weight is 282 g/mol. The second-order valence-electron chi connectivity index (χ2n) is 6.81. The van der Waals surface area contributed by atoms with Gasteiger partial charge in [0.2, 0.25) is 0 Å². The summed E-state index contributed by atoms with van der Waals surface area (Å²) in [5.41, 5.74) is -0.683. The Balaban J connectivity index is 1.98. The zero-order chi connectivity index (χ0) is 14.8. The standard InChI is InChI=1S/C16H30N2O2/c1-4-18(14-7-8-14)11-9-13-6-5-10-16(13,15(19)20)17-12(2)3/h12-14,17H,4-11H2,1-3H3,(H,19,20). The third-order valence-corrected chi connectivity index (χ3v) is 4.98. The summed E-state index contributed by atoms with van der Waals surface area (Å²) < 4.78 is 0. The average Bonchev–Trinajstić information content (AvgIpc) is 3.13. The van der Waals surface area contributed by atoms with Crippen LogP contribution in [0.5, 0.6) is 0 Å². The summed E-state index contributed by atoms with van der Waals surface area (Å²) >= 11 is 0. The van der Waals surface area contributed by atoms with Gasteiger partial charge in [0.1, 0.15) is 5.54 Å². The second-order valence-corrected chi connectivity index (χ2v) is 6.81. The molecule has 4 nitrogen and oxygen atoms in total. The molecule has 116 valence electrons. The van der Waals surface area contributed by atoms with E-state index < -0.39 is 11.5 Å². The molecule has 2 saturated carbocycles. The van der Waals surface area contributed by atoms with Gasteiger partial charge in [0.15, 0.2) is 0 Å². The van der Waals surface area contributed by atoms with E-state index in [2.05, 4.69) is 17.1 Å². The van der Waals surface area contributed by atoms with Crippen LogP contribution in [-0.4, -0.2) is 46.7 Å². The number of rotatable bonds is 8. The van der Waals surface area contributed by atoms with Gasteiger partial charge >= 0.3 is 5.97 Å². The summed E-state index contributed by atoms with van der Waals surface area (Å²) in [6, 6.07) is 0.996. The van der Waals surface area contributed by atoms with Crippen LogP contribution < -0.4 is 5.32 Å². The van der Waals surface area contributed by atoms with Crippen LogP contribution in [-0.2, 0) is 4.79 Å². The molecule has 0 aromatic heterocycles. The monoisotopic (exact) mass is 282 g/mol. The van der Waals surface area contributed by atoms with Crippen LogP contribution in [0.4, 0.5) is 0 Å². The Morgan fingerprint density at radius 1 is 1.40 bits per heavy atom. The van der Waals surface area contributed by atoms with E-state index in [0.29, 0.717) is 0 Å². The van der Waals surface area contributed by atoms with Crippen molar-refractivity contribution in [1.29, 1.82) is 0 Å². The van der Waals surface area contributed by atoms with E-state index in [9.17, 15) is 9.90 Å². The molecule has 0 amide bonds. The lowest BCUT2D eigenvalue weighted by Crippen LogP contribution is -2.57. The molecule has 2 rings (SSSR count). The van der Waals surface area contributed by atoms with Gasteiger partial charge in [0.25, 0.3) is 0 Å². The van der Waals surface area contributed by atoms with Gasteiger partial charge < -0.3 is 10.0 Å². The van der Waals surface area contributed by atoms with Crippen molar-refractivity contribution in [2.24, 2.45) is 5.92 Å². The third kappa shape index (κ3) is 3.34. The Labute approximate surface area is 122 Å². The van der Waals surface area contributed by atoms with E-state index >= 15 is 0 Å². The molecule has 4 heteroatoms. The smallest absolute Gasteiger partial charge is 0.324 e. The molecule has 0 spiro atoms. The Morgan fingerprint density at radius 3 is 2.60 bits per heavy atom. The van der Waals surface area contributed by atoms with E-state index in [0.717, 1.165) is 44.8 Å². The molecule has 2 aliphatic carbocycles. The Kier molecular flexibility index (Phi) is 5.08. The van der Waals surface area contributed by atoms with Crippen molar-refractivity contribution < 1.29 is 9.90 Å². The first-order valence-corrected chi connectivity index (χ1v) is 8.24. The van der Waals surface area contributed by atoms with Crippen molar-refractivity contribution in [3.8, 4) is 0 Å². The fourth-order valence-corrected chi connectivity index (χ4v) is 3.88. The van der Waals surface area contributed by atoms with Gasteiger partial charge in [-0.2, -0.15) is 0 Å². The summed E-state index contributed by atoms with van der Waals surface area (Å²) in [4.78, 5) is 14.4. The molecule has 2 atom stereocenters.